The van der Waals surface area contributed by atoms with Crippen molar-refractivity contribution >= 4 is 11.9 Å². The molecular formula is C17H26N8O. The molecule has 1 aromatic heterocycles. The second kappa shape index (κ2) is 6.49. The second-order valence-electron chi connectivity index (χ2n) is 7.41. The van der Waals surface area contributed by atoms with E-state index in [9.17, 15) is 4.79 Å². The van der Waals surface area contributed by atoms with Crippen molar-refractivity contribution < 1.29 is 4.79 Å². The van der Waals surface area contributed by atoms with Crippen molar-refractivity contribution in [1.82, 2.24) is 25.6 Å². The summed E-state index contributed by atoms with van der Waals surface area (Å²) in [6.07, 6.45) is 4.10. The number of amides is 1. The Bertz CT molecular complexity index is 742. The zero-order valence-electron chi connectivity index (χ0n) is 15.0. The number of carbonyl (C=O) groups excluding carboxylic acids is 1. The van der Waals surface area contributed by atoms with Crippen LogP contribution in [0.4, 0.5) is 0 Å². The lowest BCUT2D eigenvalue weighted by molar-refractivity contribution is -0.137. The van der Waals surface area contributed by atoms with Crippen LogP contribution in [-0.2, 0) is 23.4 Å². The average Bonchev–Trinajstić information content (AvgIpc) is 3.01. The van der Waals surface area contributed by atoms with Gasteiger partial charge in [0.2, 0.25) is 17.7 Å². The quantitative estimate of drug-likeness (QED) is 0.504. The number of aryl methyl sites for hydroxylation is 1. The monoisotopic (exact) mass is 358 g/mol. The number of carbonyl (C=O) groups is 1. The largest absolute Gasteiger partial charge is 0.369 e. The minimum absolute atomic E-state index is 0.0138. The molecule has 0 bridgehead atoms. The van der Waals surface area contributed by atoms with Crippen LogP contribution in [-0.4, -0.2) is 59.9 Å². The first-order valence-corrected chi connectivity index (χ1v) is 9.07. The minimum Gasteiger partial charge on any atom is -0.369 e. The van der Waals surface area contributed by atoms with Gasteiger partial charge in [-0.05, 0) is 37.9 Å². The number of aliphatic imine (C=N–C) groups is 1. The third-order valence-electron chi connectivity index (χ3n) is 5.54. The first-order valence-electron chi connectivity index (χ1n) is 9.07. The molecule has 26 heavy (non-hydrogen) atoms. The number of nitrogens with two attached hydrogens (primary N) is 2. The molecule has 0 saturated carbocycles. The van der Waals surface area contributed by atoms with Crippen molar-refractivity contribution in [2.45, 2.75) is 25.0 Å². The summed E-state index contributed by atoms with van der Waals surface area (Å²) in [7, 11) is 2.09. The lowest BCUT2D eigenvalue weighted by Crippen LogP contribution is -2.51. The Morgan fingerprint density at radius 1 is 1.35 bits per heavy atom. The summed E-state index contributed by atoms with van der Waals surface area (Å²) in [4.78, 5) is 25.9. The van der Waals surface area contributed by atoms with Crippen molar-refractivity contribution in [3.63, 3.8) is 0 Å². The molecule has 2 aliphatic heterocycles. The predicted molar refractivity (Wildman–Crippen MR) is 97.6 cm³/mol. The van der Waals surface area contributed by atoms with Crippen molar-refractivity contribution in [1.29, 1.82) is 0 Å². The van der Waals surface area contributed by atoms with Crippen LogP contribution in [0.5, 0.6) is 0 Å². The van der Waals surface area contributed by atoms with Crippen molar-refractivity contribution in [3.05, 3.63) is 29.1 Å². The lowest BCUT2D eigenvalue weighted by Gasteiger charge is -2.36. The molecule has 3 aliphatic rings. The Morgan fingerprint density at radius 2 is 2.12 bits per heavy atom. The summed E-state index contributed by atoms with van der Waals surface area (Å²) in [5.74, 6) is -0.603. The highest BCUT2D eigenvalue weighted by atomic mass is 16.2. The number of guanidine groups is 1. The average molecular weight is 358 g/mol. The highest BCUT2D eigenvalue weighted by Crippen LogP contribution is 2.29. The molecule has 0 radical (unpaired) electrons. The summed E-state index contributed by atoms with van der Waals surface area (Å²) in [5, 5.41) is 0. The van der Waals surface area contributed by atoms with Crippen LogP contribution >= 0.6 is 0 Å². The van der Waals surface area contributed by atoms with Gasteiger partial charge in [0.1, 0.15) is 0 Å². The highest BCUT2D eigenvalue weighted by molar-refractivity contribution is 5.80. The van der Waals surface area contributed by atoms with Crippen LogP contribution in [0.2, 0.25) is 0 Å². The molecular weight excluding hydrogens is 332 g/mol. The van der Waals surface area contributed by atoms with Crippen molar-refractivity contribution in [2.75, 3.05) is 33.2 Å². The SMILES string of the molecule is CN1CCN(C(=O)C2CCc3ncc(C4(N)N=C(N)NN4)cc3C2)CC1. The number of fused-ring (bicyclic) bond motifs is 1. The van der Waals surface area contributed by atoms with Crippen LogP contribution in [0.1, 0.15) is 23.2 Å². The van der Waals surface area contributed by atoms with Gasteiger partial charge in [0.05, 0.1) is 0 Å². The number of pyridine rings is 1. The standard InChI is InChI=1S/C17H26N8O/c1-24-4-6-25(7-5-24)15(26)11-2-3-14-12(8-11)9-13(10-20-14)17(19)21-16(18)22-23-17/h9-11,23H,2-8,19H2,1H3,(H3,18,21,22). The fourth-order valence-corrected chi connectivity index (χ4v) is 3.87. The van der Waals surface area contributed by atoms with Gasteiger partial charge in [-0.25, -0.2) is 4.99 Å². The van der Waals surface area contributed by atoms with Crippen molar-refractivity contribution in [3.8, 4) is 0 Å². The van der Waals surface area contributed by atoms with Crippen molar-refractivity contribution in [2.24, 2.45) is 22.4 Å². The molecule has 2 atom stereocenters. The molecule has 6 N–H and O–H groups in total. The third-order valence-corrected chi connectivity index (χ3v) is 5.54. The van der Waals surface area contributed by atoms with Gasteiger partial charge in [-0.2, -0.15) is 5.43 Å². The van der Waals surface area contributed by atoms with E-state index in [0.717, 1.165) is 55.8 Å². The fraction of sp³-hybridized carbons (Fsp3) is 0.588. The maximum absolute atomic E-state index is 12.9. The number of hydrogen-bond donors (Lipinski definition) is 4. The van der Waals surface area contributed by atoms with E-state index in [1.54, 1.807) is 6.20 Å². The van der Waals surface area contributed by atoms with Gasteiger partial charge in [0, 0.05) is 49.6 Å². The minimum atomic E-state index is -1.12. The van der Waals surface area contributed by atoms with Crippen LogP contribution in [0.3, 0.4) is 0 Å². The summed E-state index contributed by atoms with van der Waals surface area (Å²) in [5.41, 5.74) is 20.4. The number of nitrogens with zero attached hydrogens (tertiary/aromatic N) is 4. The molecule has 9 nitrogen and oxygen atoms in total. The van der Waals surface area contributed by atoms with Crippen LogP contribution in [0, 0.1) is 5.92 Å². The second-order valence-corrected chi connectivity index (χ2v) is 7.41. The number of piperazine rings is 1. The van der Waals surface area contributed by atoms with Gasteiger partial charge < -0.3 is 15.5 Å². The molecule has 1 aromatic rings. The molecule has 4 rings (SSSR count). The molecule has 1 aliphatic carbocycles. The summed E-state index contributed by atoms with van der Waals surface area (Å²) < 4.78 is 0. The van der Waals surface area contributed by atoms with Gasteiger partial charge in [0.25, 0.3) is 0 Å². The fourth-order valence-electron chi connectivity index (χ4n) is 3.87. The van der Waals surface area contributed by atoms with Crippen LogP contribution in [0.25, 0.3) is 0 Å². The Hall–Kier alpha value is -2.23. The molecule has 1 saturated heterocycles. The summed E-state index contributed by atoms with van der Waals surface area (Å²) in [6.45, 7) is 3.50. The number of rotatable bonds is 2. The van der Waals surface area contributed by atoms with Crippen LogP contribution < -0.4 is 22.3 Å². The Balaban J connectivity index is 1.51. The summed E-state index contributed by atoms with van der Waals surface area (Å²) in [6, 6.07) is 2.00. The van der Waals surface area contributed by atoms with E-state index >= 15 is 0 Å². The Labute approximate surface area is 152 Å². The smallest absolute Gasteiger partial charge is 0.226 e. The maximum Gasteiger partial charge on any atom is 0.226 e. The van der Waals surface area contributed by atoms with E-state index in [0.29, 0.717) is 6.42 Å². The molecule has 140 valence electrons. The zero-order valence-corrected chi connectivity index (χ0v) is 15.0. The molecule has 2 unspecified atom stereocenters. The van der Waals surface area contributed by atoms with E-state index in [-0.39, 0.29) is 17.8 Å². The van der Waals surface area contributed by atoms with E-state index in [4.69, 9.17) is 11.5 Å². The number of hydrazine groups is 1. The molecule has 0 spiro atoms. The molecule has 3 heterocycles. The summed E-state index contributed by atoms with van der Waals surface area (Å²) >= 11 is 0. The van der Waals surface area contributed by atoms with E-state index < -0.39 is 5.79 Å². The number of hydrogen-bond acceptors (Lipinski definition) is 8. The predicted octanol–water partition coefficient (Wildman–Crippen LogP) is -1.55. The molecule has 1 amide bonds. The Kier molecular flexibility index (Phi) is 4.29. The van der Waals surface area contributed by atoms with Gasteiger partial charge in [0.15, 0.2) is 0 Å². The first-order chi connectivity index (χ1) is 12.4. The molecule has 1 fully saturated rings. The normalized spacial score (nSPS) is 29.1. The third kappa shape index (κ3) is 3.13. The molecule has 9 heteroatoms. The van der Waals surface area contributed by atoms with E-state index in [2.05, 4.69) is 32.8 Å². The number of likely N-dealkylation sites (N-methyl/N-ethyl adjacent to an activating group) is 1. The maximum atomic E-state index is 12.9. The van der Waals surface area contributed by atoms with Gasteiger partial charge >= 0.3 is 0 Å². The lowest BCUT2D eigenvalue weighted by atomic mass is 9.84. The van der Waals surface area contributed by atoms with Crippen LogP contribution in [0.15, 0.2) is 17.3 Å². The topological polar surface area (TPSA) is 125 Å². The number of nitrogens with one attached hydrogen (secondary N) is 2. The van der Waals surface area contributed by atoms with Gasteiger partial charge in [-0.15, -0.1) is 0 Å². The highest BCUT2D eigenvalue weighted by Gasteiger charge is 2.35. The van der Waals surface area contributed by atoms with Gasteiger partial charge in [-0.3, -0.25) is 20.9 Å². The van der Waals surface area contributed by atoms with E-state index in [1.165, 1.54) is 0 Å². The van der Waals surface area contributed by atoms with E-state index in [1.807, 2.05) is 11.0 Å². The zero-order chi connectivity index (χ0) is 18.3. The number of aromatic nitrogens is 1. The first kappa shape index (κ1) is 17.2. The molecule has 0 aromatic carbocycles. The Morgan fingerprint density at radius 3 is 2.81 bits per heavy atom. The van der Waals surface area contributed by atoms with Gasteiger partial charge in [-0.1, -0.05) is 0 Å².